The molecule has 0 aromatic rings. The standard InChI is InChI=1S/C10H25NOSi/c1-5-6-7-8-9(12)10(11)13(2,3)4/h9-10,12H,5-8,11H2,1-4H3/t9-,10+/m1/s1. The second-order valence-electron chi connectivity index (χ2n) is 4.95. The largest absolute Gasteiger partial charge is 0.392 e. The number of rotatable bonds is 6. The summed E-state index contributed by atoms with van der Waals surface area (Å²) in [5.74, 6) is 0. The fourth-order valence-corrected chi connectivity index (χ4v) is 2.68. The van der Waals surface area contributed by atoms with E-state index in [0.717, 1.165) is 12.8 Å². The number of nitrogens with two attached hydrogens (primary N) is 1. The van der Waals surface area contributed by atoms with Crippen LogP contribution in [0.3, 0.4) is 0 Å². The molecule has 0 spiro atoms. The van der Waals surface area contributed by atoms with E-state index in [1.165, 1.54) is 12.8 Å². The Morgan fingerprint density at radius 2 is 1.77 bits per heavy atom. The molecule has 0 radical (unpaired) electrons. The van der Waals surface area contributed by atoms with Gasteiger partial charge in [0.25, 0.3) is 0 Å². The molecule has 0 fully saturated rings. The van der Waals surface area contributed by atoms with Crippen LogP contribution < -0.4 is 5.73 Å². The van der Waals surface area contributed by atoms with Crippen LogP contribution in [-0.4, -0.2) is 24.9 Å². The molecule has 0 saturated heterocycles. The molecular weight excluding hydrogens is 178 g/mol. The van der Waals surface area contributed by atoms with Gasteiger partial charge >= 0.3 is 0 Å². The molecule has 0 aromatic carbocycles. The minimum Gasteiger partial charge on any atom is -0.392 e. The van der Waals surface area contributed by atoms with Gasteiger partial charge in [0.1, 0.15) is 0 Å². The molecule has 0 aliphatic heterocycles. The molecule has 2 nitrogen and oxygen atoms in total. The van der Waals surface area contributed by atoms with Crippen molar-refractivity contribution < 1.29 is 5.11 Å². The highest BCUT2D eigenvalue weighted by Crippen LogP contribution is 2.13. The second kappa shape index (κ2) is 5.78. The topological polar surface area (TPSA) is 46.2 Å². The predicted molar refractivity (Wildman–Crippen MR) is 61.5 cm³/mol. The minimum absolute atomic E-state index is 0.0318. The normalized spacial score (nSPS) is 17.1. The molecule has 0 heterocycles. The quantitative estimate of drug-likeness (QED) is 0.513. The van der Waals surface area contributed by atoms with E-state index in [9.17, 15) is 5.11 Å². The van der Waals surface area contributed by atoms with Crippen molar-refractivity contribution in [3.05, 3.63) is 0 Å². The molecule has 80 valence electrons. The van der Waals surface area contributed by atoms with Crippen LogP contribution >= 0.6 is 0 Å². The molecule has 0 amide bonds. The third kappa shape index (κ3) is 5.44. The first-order valence-corrected chi connectivity index (χ1v) is 8.91. The maximum atomic E-state index is 9.79. The first kappa shape index (κ1) is 13.1. The first-order chi connectivity index (χ1) is 5.89. The van der Waals surface area contributed by atoms with Gasteiger partial charge in [0.05, 0.1) is 14.2 Å². The van der Waals surface area contributed by atoms with Crippen LogP contribution in [0.15, 0.2) is 0 Å². The lowest BCUT2D eigenvalue weighted by molar-refractivity contribution is 0.153. The summed E-state index contributed by atoms with van der Waals surface area (Å²) in [4.78, 5) is 0. The van der Waals surface area contributed by atoms with Gasteiger partial charge in [-0.3, -0.25) is 0 Å². The monoisotopic (exact) mass is 203 g/mol. The van der Waals surface area contributed by atoms with Crippen LogP contribution in [0.25, 0.3) is 0 Å². The second-order valence-corrected chi connectivity index (χ2v) is 10.4. The van der Waals surface area contributed by atoms with Gasteiger partial charge in [-0.2, -0.15) is 0 Å². The zero-order valence-corrected chi connectivity index (χ0v) is 10.5. The number of hydrogen-bond acceptors (Lipinski definition) is 2. The lowest BCUT2D eigenvalue weighted by atomic mass is 10.1. The molecule has 0 bridgehead atoms. The van der Waals surface area contributed by atoms with Gasteiger partial charge < -0.3 is 10.8 Å². The Morgan fingerprint density at radius 3 is 2.15 bits per heavy atom. The van der Waals surface area contributed by atoms with Crippen molar-refractivity contribution in [2.45, 2.75) is 64.0 Å². The van der Waals surface area contributed by atoms with Crippen molar-refractivity contribution >= 4 is 8.07 Å². The van der Waals surface area contributed by atoms with E-state index in [1.54, 1.807) is 0 Å². The Labute approximate surface area is 83.5 Å². The molecule has 0 aromatic heterocycles. The zero-order chi connectivity index (χ0) is 10.5. The average Bonchev–Trinajstić information content (AvgIpc) is 2.01. The number of hydrogen-bond donors (Lipinski definition) is 2. The maximum absolute atomic E-state index is 9.79. The maximum Gasteiger partial charge on any atom is 0.0665 e. The number of aliphatic hydroxyl groups excluding tert-OH is 1. The summed E-state index contributed by atoms with van der Waals surface area (Å²) in [6.07, 6.45) is 4.11. The highest BCUT2D eigenvalue weighted by Gasteiger charge is 2.28. The summed E-state index contributed by atoms with van der Waals surface area (Å²) in [6.45, 7) is 8.80. The van der Waals surface area contributed by atoms with Crippen LogP contribution in [0.5, 0.6) is 0 Å². The molecule has 0 aliphatic carbocycles. The third-order valence-electron chi connectivity index (χ3n) is 2.52. The van der Waals surface area contributed by atoms with Crippen LogP contribution in [0, 0.1) is 0 Å². The van der Waals surface area contributed by atoms with E-state index in [0.29, 0.717) is 0 Å². The fourth-order valence-electron chi connectivity index (χ4n) is 1.36. The van der Waals surface area contributed by atoms with Gasteiger partial charge in [-0.1, -0.05) is 45.8 Å². The van der Waals surface area contributed by atoms with Crippen molar-refractivity contribution in [1.82, 2.24) is 0 Å². The van der Waals surface area contributed by atoms with Gasteiger partial charge in [-0.25, -0.2) is 0 Å². The molecular formula is C10H25NOSi. The lowest BCUT2D eigenvalue weighted by Crippen LogP contribution is -2.52. The molecule has 0 unspecified atom stereocenters. The van der Waals surface area contributed by atoms with E-state index in [-0.39, 0.29) is 11.8 Å². The SMILES string of the molecule is CCCCC[C@@H](O)[C@@H](N)[Si](C)(C)C. The molecule has 13 heavy (non-hydrogen) atoms. The van der Waals surface area contributed by atoms with E-state index >= 15 is 0 Å². The van der Waals surface area contributed by atoms with Crippen molar-refractivity contribution in [2.24, 2.45) is 5.73 Å². The summed E-state index contributed by atoms with van der Waals surface area (Å²) in [6, 6.07) is 0. The van der Waals surface area contributed by atoms with Crippen molar-refractivity contribution in [1.29, 1.82) is 0 Å². The molecule has 0 aliphatic rings. The van der Waals surface area contributed by atoms with Gasteiger partial charge in [-0.15, -0.1) is 0 Å². The highest BCUT2D eigenvalue weighted by molar-refractivity contribution is 6.77. The summed E-state index contributed by atoms with van der Waals surface area (Å²) in [5.41, 5.74) is 6.02. The average molecular weight is 203 g/mol. The van der Waals surface area contributed by atoms with Gasteiger partial charge in [-0.05, 0) is 6.42 Å². The van der Waals surface area contributed by atoms with E-state index in [2.05, 4.69) is 26.6 Å². The Morgan fingerprint density at radius 1 is 1.23 bits per heavy atom. The van der Waals surface area contributed by atoms with Crippen LogP contribution in [0.1, 0.15) is 32.6 Å². The Kier molecular flexibility index (Phi) is 5.84. The summed E-state index contributed by atoms with van der Waals surface area (Å²) >= 11 is 0. The summed E-state index contributed by atoms with van der Waals surface area (Å²) in [7, 11) is -1.36. The van der Waals surface area contributed by atoms with E-state index < -0.39 is 8.07 Å². The molecule has 2 atom stereocenters. The highest BCUT2D eigenvalue weighted by atomic mass is 28.3. The van der Waals surface area contributed by atoms with Crippen molar-refractivity contribution in [3.63, 3.8) is 0 Å². The predicted octanol–water partition coefficient (Wildman–Crippen LogP) is 2.13. The minimum atomic E-state index is -1.36. The zero-order valence-electron chi connectivity index (χ0n) is 9.51. The van der Waals surface area contributed by atoms with Crippen LogP contribution in [-0.2, 0) is 0 Å². The number of unbranched alkanes of at least 4 members (excludes halogenated alkanes) is 2. The van der Waals surface area contributed by atoms with Gasteiger partial charge in [0, 0.05) is 5.67 Å². The van der Waals surface area contributed by atoms with E-state index in [4.69, 9.17) is 5.73 Å². The van der Waals surface area contributed by atoms with Gasteiger partial charge in [0.2, 0.25) is 0 Å². The summed E-state index contributed by atoms with van der Waals surface area (Å²) in [5, 5.41) is 9.79. The summed E-state index contributed by atoms with van der Waals surface area (Å²) < 4.78 is 0. The lowest BCUT2D eigenvalue weighted by Gasteiger charge is -2.29. The molecule has 3 N–H and O–H groups in total. The van der Waals surface area contributed by atoms with E-state index in [1.807, 2.05) is 0 Å². The smallest absolute Gasteiger partial charge is 0.0665 e. The first-order valence-electron chi connectivity index (χ1n) is 5.33. The molecule has 0 rings (SSSR count). The van der Waals surface area contributed by atoms with Crippen molar-refractivity contribution in [2.75, 3.05) is 0 Å². The fraction of sp³-hybridized carbons (Fsp3) is 1.00. The van der Waals surface area contributed by atoms with Crippen LogP contribution in [0.4, 0.5) is 0 Å². The number of aliphatic hydroxyl groups is 1. The molecule has 3 heteroatoms. The Balaban J connectivity index is 3.76. The Hall–Kier alpha value is 0.137. The van der Waals surface area contributed by atoms with Gasteiger partial charge in [0.15, 0.2) is 0 Å². The van der Waals surface area contributed by atoms with Crippen molar-refractivity contribution in [3.8, 4) is 0 Å². The third-order valence-corrected chi connectivity index (χ3v) is 4.90. The molecule has 0 saturated carbocycles. The Bertz CT molecular complexity index is 133. The van der Waals surface area contributed by atoms with Crippen LogP contribution in [0.2, 0.25) is 19.6 Å².